The Morgan fingerprint density at radius 1 is 1.04 bits per heavy atom. The number of carbonyl (C=O) groups is 1. The van der Waals surface area contributed by atoms with Crippen LogP contribution in [0.15, 0.2) is 53.5 Å². The van der Waals surface area contributed by atoms with E-state index in [0.29, 0.717) is 24.6 Å². The predicted octanol–water partition coefficient (Wildman–Crippen LogP) is 2.58. The Morgan fingerprint density at radius 2 is 1.67 bits per heavy atom. The normalized spacial score (nSPS) is 10.7. The highest BCUT2D eigenvalue weighted by molar-refractivity contribution is 14.0. The quantitative estimate of drug-likeness (QED) is 0.382. The van der Waals surface area contributed by atoms with Crippen molar-refractivity contribution in [3.8, 4) is 0 Å². The lowest BCUT2D eigenvalue weighted by Gasteiger charge is -2.12. The highest BCUT2D eigenvalue weighted by Crippen LogP contribution is 2.05. The van der Waals surface area contributed by atoms with Crippen molar-refractivity contribution in [3.05, 3.63) is 70.8 Å². The SMILES string of the molecule is CN=C(NCc1ccc(C)cc1)NCc1cccc(C(N)=O)c1.I. The lowest BCUT2D eigenvalue weighted by molar-refractivity contribution is 0.1000. The van der Waals surface area contributed by atoms with Gasteiger partial charge in [-0.1, -0.05) is 42.0 Å². The first kappa shape index (κ1) is 20.0. The molecule has 0 unspecified atom stereocenters. The van der Waals surface area contributed by atoms with Crippen molar-refractivity contribution in [1.29, 1.82) is 0 Å². The number of guanidine groups is 1. The van der Waals surface area contributed by atoms with Crippen molar-refractivity contribution in [2.45, 2.75) is 20.0 Å². The van der Waals surface area contributed by atoms with Crippen LogP contribution in [0.5, 0.6) is 0 Å². The molecule has 0 spiro atoms. The number of nitrogens with zero attached hydrogens (tertiary/aromatic N) is 1. The average Bonchev–Trinajstić information content (AvgIpc) is 2.57. The maximum Gasteiger partial charge on any atom is 0.248 e. The van der Waals surface area contributed by atoms with Crippen molar-refractivity contribution in [1.82, 2.24) is 10.6 Å². The van der Waals surface area contributed by atoms with Crippen LogP contribution in [-0.2, 0) is 13.1 Å². The molecule has 0 saturated carbocycles. The van der Waals surface area contributed by atoms with Gasteiger partial charge < -0.3 is 16.4 Å². The Bertz CT molecular complexity index is 698. The number of halogens is 1. The molecule has 0 radical (unpaired) electrons. The molecule has 6 heteroatoms. The summed E-state index contributed by atoms with van der Waals surface area (Å²) in [4.78, 5) is 15.4. The molecular formula is C18H23IN4O. The highest BCUT2D eigenvalue weighted by Gasteiger charge is 2.03. The molecule has 2 aromatic rings. The van der Waals surface area contributed by atoms with Crippen LogP contribution in [0.25, 0.3) is 0 Å². The van der Waals surface area contributed by atoms with Gasteiger partial charge in [0.1, 0.15) is 0 Å². The summed E-state index contributed by atoms with van der Waals surface area (Å²) < 4.78 is 0. The van der Waals surface area contributed by atoms with Crippen LogP contribution in [0, 0.1) is 6.92 Å². The first-order valence-electron chi connectivity index (χ1n) is 7.47. The Labute approximate surface area is 159 Å². The number of aliphatic imine (C=N–C) groups is 1. The van der Waals surface area contributed by atoms with Crippen molar-refractivity contribution < 1.29 is 4.79 Å². The predicted molar refractivity (Wildman–Crippen MR) is 109 cm³/mol. The number of primary amides is 1. The summed E-state index contributed by atoms with van der Waals surface area (Å²) in [6.45, 7) is 3.33. The number of nitrogens with two attached hydrogens (primary N) is 1. The Balaban J connectivity index is 0.00000288. The number of benzene rings is 2. The Morgan fingerprint density at radius 3 is 2.25 bits per heavy atom. The maximum absolute atomic E-state index is 11.2. The zero-order valence-corrected chi connectivity index (χ0v) is 16.2. The fraction of sp³-hybridized carbons (Fsp3) is 0.222. The van der Waals surface area contributed by atoms with Gasteiger partial charge in [0, 0.05) is 25.7 Å². The first-order valence-corrected chi connectivity index (χ1v) is 7.47. The molecule has 0 aliphatic rings. The molecule has 2 aromatic carbocycles. The van der Waals surface area contributed by atoms with E-state index in [-0.39, 0.29) is 24.0 Å². The van der Waals surface area contributed by atoms with Crippen molar-refractivity contribution in [2.24, 2.45) is 10.7 Å². The van der Waals surface area contributed by atoms with Gasteiger partial charge in [0.2, 0.25) is 5.91 Å². The summed E-state index contributed by atoms with van der Waals surface area (Å²) in [5, 5.41) is 6.48. The van der Waals surface area contributed by atoms with Gasteiger partial charge >= 0.3 is 0 Å². The summed E-state index contributed by atoms with van der Waals surface area (Å²) in [7, 11) is 1.73. The zero-order valence-electron chi connectivity index (χ0n) is 13.9. The van der Waals surface area contributed by atoms with Gasteiger partial charge in [0.15, 0.2) is 5.96 Å². The van der Waals surface area contributed by atoms with E-state index < -0.39 is 5.91 Å². The van der Waals surface area contributed by atoms with Crippen LogP contribution < -0.4 is 16.4 Å². The van der Waals surface area contributed by atoms with E-state index in [9.17, 15) is 4.79 Å². The monoisotopic (exact) mass is 438 g/mol. The number of nitrogens with one attached hydrogen (secondary N) is 2. The lowest BCUT2D eigenvalue weighted by Crippen LogP contribution is -2.36. The summed E-state index contributed by atoms with van der Waals surface area (Å²) in [5.41, 5.74) is 9.20. The van der Waals surface area contributed by atoms with Gasteiger partial charge in [-0.25, -0.2) is 0 Å². The number of amides is 1. The molecule has 128 valence electrons. The van der Waals surface area contributed by atoms with Gasteiger partial charge in [0.25, 0.3) is 0 Å². The molecule has 2 rings (SSSR count). The fourth-order valence-electron chi connectivity index (χ4n) is 2.13. The molecule has 24 heavy (non-hydrogen) atoms. The molecule has 4 N–H and O–H groups in total. The molecule has 0 atom stereocenters. The van der Waals surface area contributed by atoms with E-state index in [4.69, 9.17) is 5.73 Å². The van der Waals surface area contributed by atoms with Gasteiger partial charge in [-0.05, 0) is 30.2 Å². The van der Waals surface area contributed by atoms with Crippen LogP contribution in [0.4, 0.5) is 0 Å². The summed E-state index contributed by atoms with van der Waals surface area (Å²) in [5.74, 6) is 0.281. The van der Waals surface area contributed by atoms with E-state index in [2.05, 4.69) is 46.8 Å². The maximum atomic E-state index is 11.2. The van der Waals surface area contributed by atoms with Crippen molar-refractivity contribution in [2.75, 3.05) is 7.05 Å². The minimum absolute atomic E-state index is 0. The number of carbonyl (C=O) groups excluding carboxylic acids is 1. The summed E-state index contributed by atoms with van der Waals surface area (Å²) in [6.07, 6.45) is 0. The first-order chi connectivity index (χ1) is 11.1. The minimum atomic E-state index is -0.422. The summed E-state index contributed by atoms with van der Waals surface area (Å²) in [6, 6.07) is 15.6. The highest BCUT2D eigenvalue weighted by atomic mass is 127. The molecule has 0 aliphatic carbocycles. The molecule has 0 aromatic heterocycles. The van der Waals surface area contributed by atoms with Crippen molar-refractivity contribution in [3.63, 3.8) is 0 Å². The van der Waals surface area contributed by atoms with E-state index in [1.54, 1.807) is 19.2 Å². The molecule has 1 amide bonds. The Kier molecular flexibility index (Phi) is 8.25. The molecule has 0 heterocycles. The third kappa shape index (κ3) is 6.19. The molecule has 0 aliphatic heterocycles. The van der Waals surface area contributed by atoms with E-state index in [0.717, 1.165) is 5.56 Å². The topological polar surface area (TPSA) is 79.5 Å². The molecule has 0 bridgehead atoms. The van der Waals surface area contributed by atoms with Gasteiger partial charge in [-0.2, -0.15) is 0 Å². The second-order valence-corrected chi connectivity index (χ2v) is 5.33. The molecule has 5 nitrogen and oxygen atoms in total. The number of aryl methyl sites for hydroxylation is 1. The van der Waals surface area contributed by atoms with Crippen LogP contribution >= 0.6 is 24.0 Å². The Hall–Kier alpha value is -2.09. The van der Waals surface area contributed by atoms with Crippen LogP contribution in [0.3, 0.4) is 0 Å². The lowest BCUT2D eigenvalue weighted by atomic mass is 10.1. The molecule has 0 fully saturated rings. The number of hydrogen-bond donors (Lipinski definition) is 3. The third-order valence-electron chi connectivity index (χ3n) is 3.48. The van der Waals surface area contributed by atoms with Crippen LogP contribution in [-0.4, -0.2) is 18.9 Å². The van der Waals surface area contributed by atoms with Gasteiger partial charge in [-0.3, -0.25) is 9.79 Å². The van der Waals surface area contributed by atoms with Gasteiger partial charge in [-0.15, -0.1) is 24.0 Å². The number of rotatable bonds is 5. The molecular weight excluding hydrogens is 415 g/mol. The van der Waals surface area contributed by atoms with Crippen LogP contribution in [0.1, 0.15) is 27.0 Å². The van der Waals surface area contributed by atoms with E-state index in [1.165, 1.54) is 11.1 Å². The zero-order chi connectivity index (χ0) is 16.7. The average molecular weight is 438 g/mol. The van der Waals surface area contributed by atoms with Crippen molar-refractivity contribution >= 4 is 35.8 Å². The third-order valence-corrected chi connectivity index (χ3v) is 3.48. The molecule has 0 saturated heterocycles. The van der Waals surface area contributed by atoms with Gasteiger partial charge in [0.05, 0.1) is 0 Å². The smallest absolute Gasteiger partial charge is 0.248 e. The van der Waals surface area contributed by atoms with E-state index >= 15 is 0 Å². The number of hydrogen-bond acceptors (Lipinski definition) is 2. The largest absolute Gasteiger partial charge is 0.366 e. The van der Waals surface area contributed by atoms with Crippen LogP contribution in [0.2, 0.25) is 0 Å². The summed E-state index contributed by atoms with van der Waals surface area (Å²) >= 11 is 0. The second-order valence-electron chi connectivity index (χ2n) is 5.33. The standard InChI is InChI=1S/C18H22N4O.HI/c1-13-6-8-14(9-7-13)11-21-18(20-2)22-12-15-4-3-5-16(10-15)17(19)23;/h3-10H,11-12H2,1-2H3,(H2,19,23)(H2,20,21,22);1H. The van der Waals surface area contributed by atoms with E-state index in [1.807, 2.05) is 12.1 Å². The minimum Gasteiger partial charge on any atom is -0.366 e. The second kappa shape index (κ2) is 9.92. The fourth-order valence-corrected chi connectivity index (χ4v) is 2.13.